The molecule has 0 aromatic rings. The summed E-state index contributed by atoms with van der Waals surface area (Å²) in [5.74, 6) is 0. The Kier molecular flexibility index (Phi) is 13.9. The SMILES string of the molecule is CO[Si](CC[Si](C)(C)O[Si](C)(C)O[Si](C)(C)O[Si](C)(C)CC[Si](OC)(OC)OC)(OC)OC. The van der Waals surface area contributed by atoms with Crippen molar-refractivity contribution in [3.63, 3.8) is 0 Å². The molecule has 0 spiro atoms. The predicted octanol–water partition coefficient (Wildman–Crippen LogP) is 4.61. The Labute approximate surface area is 209 Å². The van der Waals surface area contributed by atoms with E-state index in [0.717, 1.165) is 24.2 Å². The monoisotopic (exact) mass is 578 g/mol. The van der Waals surface area contributed by atoms with Gasteiger partial charge < -0.3 is 38.9 Å². The first kappa shape index (κ1) is 33.9. The van der Waals surface area contributed by atoms with Gasteiger partial charge >= 0.3 is 34.7 Å². The van der Waals surface area contributed by atoms with Crippen LogP contribution in [0.25, 0.3) is 0 Å². The minimum absolute atomic E-state index is 0.724. The average Bonchev–Trinajstić information content (AvgIpc) is 2.68. The van der Waals surface area contributed by atoms with Gasteiger partial charge in [0, 0.05) is 54.7 Å². The van der Waals surface area contributed by atoms with Crippen LogP contribution >= 0.6 is 0 Å². The molecule has 0 amide bonds. The molecule has 0 aliphatic heterocycles. The fourth-order valence-corrected chi connectivity index (χ4v) is 30.9. The molecule has 0 heterocycles. The molecule has 0 saturated carbocycles. The van der Waals surface area contributed by atoms with E-state index in [2.05, 4.69) is 52.4 Å². The van der Waals surface area contributed by atoms with E-state index >= 15 is 0 Å². The van der Waals surface area contributed by atoms with Crippen molar-refractivity contribution in [2.75, 3.05) is 42.7 Å². The van der Waals surface area contributed by atoms with Crippen molar-refractivity contribution in [2.24, 2.45) is 0 Å². The van der Waals surface area contributed by atoms with Gasteiger partial charge in [0.25, 0.3) is 0 Å². The van der Waals surface area contributed by atoms with Gasteiger partial charge in [-0.2, -0.15) is 0 Å². The lowest BCUT2D eigenvalue weighted by molar-refractivity contribution is 0.124. The van der Waals surface area contributed by atoms with Crippen molar-refractivity contribution in [2.45, 2.75) is 76.6 Å². The summed E-state index contributed by atoms with van der Waals surface area (Å²) in [7, 11) is -4.34. The van der Waals surface area contributed by atoms with Gasteiger partial charge in [0.1, 0.15) is 0 Å². The zero-order valence-corrected chi connectivity index (χ0v) is 29.5. The largest absolute Gasteiger partial charge is 0.499 e. The summed E-state index contributed by atoms with van der Waals surface area (Å²) < 4.78 is 53.5. The van der Waals surface area contributed by atoms with Crippen LogP contribution in [0.1, 0.15) is 0 Å². The third-order valence-corrected chi connectivity index (χ3v) is 27.1. The summed E-state index contributed by atoms with van der Waals surface area (Å²) in [6, 6.07) is 3.19. The van der Waals surface area contributed by atoms with Gasteiger partial charge in [-0.3, -0.25) is 0 Å². The number of hydrogen-bond acceptors (Lipinski definition) is 9. The molecule has 0 N–H and O–H groups in total. The molecule has 0 radical (unpaired) electrons. The van der Waals surface area contributed by atoms with Crippen LogP contribution in [0.4, 0.5) is 0 Å². The molecule has 0 saturated heterocycles. The second-order valence-corrected chi connectivity index (χ2v) is 32.5. The zero-order valence-electron chi connectivity index (χ0n) is 23.5. The van der Waals surface area contributed by atoms with Crippen LogP contribution in [0.15, 0.2) is 0 Å². The maximum Gasteiger partial charge on any atom is 0.499 e. The topological polar surface area (TPSA) is 83.1 Å². The molecule has 0 rings (SSSR count). The van der Waals surface area contributed by atoms with Gasteiger partial charge in [-0.1, -0.05) is 0 Å². The van der Waals surface area contributed by atoms with Gasteiger partial charge in [0.15, 0.2) is 16.6 Å². The molecule has 9 nitrogen and oxygen atoms in total. The Morgan fingerprint density at radius 2 is 0.606 bits per heavy atom. The smallest absolute Gasteiger partial charge is 0.436 e. The maximum atomic E-state index is 6.70. The second kappa shape index (κ2) is 13.5. The first-order valence-electron chi connectivity index (χ1n) is 11.3. The van der Waals surface area contributed by atoms with Crippen molar-refractivity contribution >= 4 is 51.4 Å². The van der Waals surface area contributed by atoms with Crippen LogP contribution in [0.5, 0.6) is 0 Å². The van der Waals surface area contributed by atoms with Crippen LogP contribution in [0.2, 0.25) is 76.6 Å². The lowest BCUT2D eigenvalue weighted by Gasteiger charge is -2.41. The first-order valence-corrected chi connectivity index (χ1v) is 27.0. The number of hydrogen-bond donors (Lipinski definition) is 0. The molecule has 0 aromatic carbocycles. The Morgan fingerprint density at radius 1 is 0.364 bits per heavy atom. The molecule has 0 unspecified atom stereocenters. The molecular formula is C18H50O9Si6. The summed E-state index contributed by atoms with van der Waals surface area (Å²) in [5.41, 5.74) is 0. The molecule has 200 valence electrons. The summed E-state index contributed by atoms with van der Waals surface area (Å²) in [4.78, 5) is 0. The predicted molar refractivity (Wildman–Crippen MR) is 146 cm³/mol. The quantitative estimate of drug-likeness (QED) is 0.217. The van der Waals surface area contributed by atoms with Crippen LogP contribution in [-0.2, 0) is 38.9 Å². The summed E-state index contributed by atoms with van der Waals surface area (Å²) in [6.45, 7) is 17.3. The maximum absolute atomic E-state index is 6.70. The molecule has 0 aromatic heterocycles. The molecule has 0 bridgehead atoms. The Balaban J connectivity index is 5.12. The fraction of sp³-hybridized carbons (Fsp3) is 1.00. The van der Waals surface area contributed by atoms with Crippen molar-refractivity contribution < 1.29 is 38.9 Å². The summed E-state index contributed by atoms with van der Waals surface area (Å²) in [5, 5.41) is 0. The highest BCUT2D eigenvalue weighted by Gasteiger charge is 2.47. The molecule has 33 heavy (non-hydrogen) atoms. The minimum Gasteiger partial charge on any atom is -0.436 e. The van der Waals surface area contributed by atoms with Gasteiger partial charge in [0.2, 0.25) is 0 Å². The minimum atomic E-state index is -2.62. The molecule has 15 heteroatoms. The van der Waals surface area contributed by atoms with Crippen LogP contribution < -0.4 is 0 Å². The lowest BCUT2D eigenvalue weighted by atomic mass is 10.9. The lowest BCUT2D eigenvalue weighted by Crippen LogP contribution is -2.57. The van der Waals surface area contributed by atoms with Gasteiger partial charge in [-0.15, -0.1) is 0 Å². The fourth-order valence-electron chi connectivity index (χ4n) is 4.09. The van der Waals surface area contributed by atoms with E-state index < -0.39 is 51.4 Å². The normalized spacial score (nSPS) is 14.7. The highest BCUT2D eigenvalue weighted by molar-refractivity contribution is 6.90. The van der Waals surface area contributed by atoms with Crippen molar-refractivity contribution in [1.82, 2.24) is 0 Å². The Bertz CT molecular complexity index is 505. The standard InChI is InChI=1S/C18H50O9Si6/c1-19-32(20-2,21-3)17-15-28(7,8)25-30(11,12)27-31(13,14)26-29(9,10)16-18-33(22-4,23-5)24-6/h15-18H2,1-14H3. The van der Waals surface area contributed by atoms with Crippen molar-refractivity contribution in [3.05, 3.63) is 0 Å². The van der Waals surface area contributed by atoms with Crippen LogP contribution in [-0.4, -0.2) is 94.0 Å². The molecule has 0 atom stereocenters. The summed E-state index contributed by atoms with van der Waals surface area (Å²) >= 11 is 0. The van der Waals surface area contributed by atoms with Gasteiger partial charge in [-0.25, -0.2) is 0 Å². The van der Waals surface area contributed by atoms with E-state index in [9.17, 15) is 0 Å². The van der Waals surface area contributed by atoms with E-state index in [1.54, 1.807) is 42.7 Å². The summed E-state index contributed by atoms with van der Waals surface area (Å²) in [6.07, 6.45) is 0. The van der Waals surface area contributed by atoms with E-state index in [1.165, 1.54) is 0 Å². The van der Waals surface area contributed by atoms with Crippen LogP contribution in [0, 0.1) is 0 Å². The molecular weight excluding hydrogens is 529 g/mol. The number of rotatable bonds is 18. The van der Waals surface area contributed by atoms with E-state index in [1.807, 2.05) is 0 Å². The Hall–Kier alpha value is 0.941. The zero-order chi connectivity index (χ0) is 26.2. The average molecular weight is 579 g/mol. The highest BCUT2D eigenvalue weighted by Crippen LogP contribution is 2.30. The second-order valence-electron chi connectivity index (χ2n) is 10.2. The van der Waals surface area contributed by atoms with Crippen LogP contribution in [0.3, 0.4) is 0 Å². The van der Waals surface area contributed by atoms with Crippen molar-refractivity contribution in [3.8, 4) is 0 Å². The highest BCUT2D eigenvalue weighted by atomic mass is 28.5. The van der Waals surface area contributed by atoms with Gasteiger partial charge in [0.05, 0.1) is 0 Å². The first-order chi connectivity index (χ1) is 14.9. The van der Waals surface area contributed by atoms with E-state index in [4.69, 9.17) is 38.9 Å². The molecule has 0 aliphatic carbocycles. The third-order valence-electron chi connectivity index (χ3n) is 5.47. The molecule has 0 fully saturated rings. The van der Waals surface area contributed by atoms with Gasteiger partial charge in [-0.05, 0) is 64.5 Å². The van der Waals surface area contributed by atoms with E-state index in [0.29, 0.717) is 0 Å². The third kappa shape index (κ3) is 12.2. The Morgan fingerprint density at radius 3 is 0.818 bits per heavy atom. The molecule has 0 aliphatic rings. The van der Waals surface area contributed by atoms with E-state index in [-0.39, 0.29) is 0 Å². The van der Waals surface area contributed by atoms with Crippen molar-refractivity contribution in [1.29, 1.82) is 0 Å².